The minimum Gasteiger partial charge on any atom is -0.393 e. The number of anilines is 1. The molecule has 0 spiro atoms. The molecule has 0 saturated carbocycles. The average Bonchev–Trinajstić information content (AvgIpc) is 2.01. The maximum Gasteiger partial charge on any atom is 0.302 e. The van der Waals surface area contributed by atoms with E-state index in [9.17, 15) is 14.9 Å². The number of nitrogens with zero attached hydrogens (tertiary/aromatic N) is 1. The van der Waals surface area contributed by atoms with E-state index in [1.807, 2.05) is 0 Å². The Morgan fingerprint density at radius 3 is 2.57 bits per heavy atom. The second kappa shape index (κ2) is 3.75. The Morgan fingerprint density at radius 2 is 2.14 bits per heavy atom. The van der Waals surface area contributed by atoms with Crippen LogP contribution in [0.25, 0.3) is 0 Å². The molecule has 0 aliphatic carbocycles. The van der Waals surface area contributed by atoms with Crippen molar-refractivity contribution in [2.24, 2.45) is 0 Å². The summed E-state index contributed by atoms with van der Waals surface area (Å²) >= 11 is 3.11. The van der Waals surface area contributed by atoms with E-state index >= 15 is 0 Å². The molecule has 0 atom stereocenters. The molecule has 0 fully saturated rings. The van der Waals surface area contributed by atoms with Crippen LogP contribution < -0.4 is 5.73 Å². The summed E-state index contributed by atoms with van der Waals surface area (Å²) in [6.45, 7) is 1.26. The van der Waals surface area contributed by atoms with Crippen molar-refractivity contribution >= 4 is 33.1 Å². The summed E-state index contributed by atoms with van der Waals surface area (Å²) in [5.41, 5.74) is 5.10. The van der Waals surface area contributed by atoms with E-state index < -0.39 is 4.92 Å². The smallest absolute Gasteiger partial charge is 0.302 e. The number of ketones is 1. The van der Waals surface area contributed by atoms with Crippen molar-refractivity contribution in [2.45, 2.75) is 6.92 Å². The summed E-state index contributed by atoms with van der Waals surface area (Å²) in [6, 6.07) is 2.78. The first-order chi connectivity index (χ1) is 6.43. The molecule has 5 nitrogen and oxygen atoms in total. The second-order valence-corrected chi connectivity index (χ2v) is 3.62. The normalized spacial score (nSPS) is 9.86. The van der Waals surface area contributed by atoms with Gasteiger partial charge in [-0.2, -0.15) is 0 Å². The van der Waals surface area contributed by atoms with Crippen molar-refractivity contribution in [3.63, 3.8) is 0 Å². The van der Waals surface area contributed by atoms with Gasteiger partial charge in [-0.15, -0.1) is 0 Å². The highest BCUT2D eigenvalue weighted by atomic mass is 79.9. The van der Waals surface area contributed by atoms with Crippen LogP contribution in [0.4, 0.5) is 11.4 Å². The fraction of sp³-hybridized carbons (Fsp3) is 0.125. The van der Waals surface area contributed by atoms with Crippen LogP contribution in [0.3, 0.4) is 0 Å². The topological polar surface area (TPSA) is 86.2 Å². The van der Waals surface area contributed by atoms with Crippen LogP contribution >= 0.6 is 15.9 Å². The Labute approximate surface area is 88.2 Å². The van der Waals surface area contributed by atoms with E-state index in [1.165, 1.54) is 19.1 Å². The number of hydrogen-bond donors (Lipinski definition) is 1. The van der Waals surface area contributed by atoms with Crippen molar-refractivity contribution in [3.8, 4) is 0 Å². The molecule has 1 aromatic rings. The Hall–Kier alpha value is -1.43. The predicted octanol–water partition coefficient (Wildman–Crippen LogP) is 2.14. The standard InChI is InChI=1S/C8H7BrN2O3/c1-4(12)6-2-5(9)3-7(10)8(6)11(13)14/h2-3H,10H2,1H3. The van der Waals surface area contributed by atoms with Crippen molar-refractivity contribution < 1.29 is 9.72 Å². The van der Waals surface area contributed by atoms with Crippen LogP contribution in [0.1, 0.15) is 17.3 Å². The first-order valence-electron chi connectivity index (χ1n) is 3.68. The van der Waals surface area contributed by atoms with Gasteiger partial charge in [-0.3, -0.25) is 14.9 Å². The summed E-state index contributed by atoms with van der Waals surface area (Å²) in [5, 5.41) is 10.6. The molecule has 0 aromatic heterocycles. The third-order valence-corrected chi connectivity index (χ3v) is 2.12. The van der Waals surface area contributed by atoms with Gasteiger partial charge >= 0.3 is 5.69 Å². The summed E-state index contributed by atoms with van der Waals surface area (Å²) in [5.74, 6) is -0.385. The number of carbonyl (C=O) groups excluding carboxylic acids is 1. The highest BCUT2D eigenvalue weighted by Crippen LogP contribution is 2.30. The zero-order valence-corrected chi connectivity index (χ0v) is 8.87. The first kappa shape index (κ1) is 10.6. The van der Waals surface area contributed by atoms with Crippen molar-refractivity contribution in [3.05, 3.63) is 32.3 Å². The number of nitrogens with two attached hydrogens (primary N) is 1. The number of carbonyl (C=O) groups is 1. The van der Waals surface area contributed by atoms with Gasteiger partial charge in [0.1, 0.15) is 5.69 Å². The van der Waals surface area contributed by atoms with E-state index in [1.54, 1.807) is 0 Å². The third-order valence-electron chi connectivity index (χ3n) is 1.67. The highest BCUT2D eigenvalue weighted by Gasteiger charge is 2.21. The lowest BCUT2D eigenvalue weighted by atomic mass is 10.1. The Kier molecular flexibility index (Phi) is 2.85. The number of nitro groups is 1. The Bertz CT molecular complexity index is 417. The minimum absolute atomic E-state index is 0.0156. The number of Topliss-reactive ketones (excluding diaryl/α,β-unsaturated/α-hetero) is 1. The average molecular weight is 259 g/mol. The van der Waals surface area contributed by atoms with Crippen molar-refractivity contribution in [1.82, 2.24) is 0 Å². The molecule has 1 rings (SSSR count). The van der Waals surface area contributed by atoms with Gasteiger partial charge < -0.3 is 5.73 Å². The van der Waals surface area contributed by atoms with E-state index in [2.05, 4.69) is 15.9 Å². The number of nitrogen functional groups attached to an aromatic ring is 1. The monoisotopic (exact) mass is 258 g/mol. The molecule has 0 radical (unpaired) electrons. The molecule has 14 heavy (non-hydrogen) atoms. The molecule has 0 amide bonds. The lowest BCUT2D eigenvalue weighted by molar-refractivity contribution is -0.384. The van der Waals surface area contributed by atoms with Crippen molar-refractivity contribution in [1.29, 1.82) is 0 Å². The number of rotatable bonds is 2. The number of halogens is 1. The van der Waals surface area contributed by atoms with E-state index in [0.717, 1.165) is 0 Å². The van der Waals surface area contributed by atoms with Gasteiger partial charge in [-0.05, 0) is 19.1 Å². The van der Waals surface area contributed by atoms with Gasteiger partial charge in [0.05, 0.1) is 10.5 Å². The van der Waals surface area contributed by atoms with Crippen LogP contribution in [0.2, 0.25) is 0 Å². The third kappa shape index (κ3) is 1.90. The predicted molar refractivity (Wildman–Crippen MR) is 55.2 cm³/mol. The summed E-state index contributed by atoms with van der Waals surface area (Å²) in [4.78, 5) is 21.1. The molecular formula is C8H7BrN2O3. The van der Waals surface area contributed by atoms with Crippen LogP contribution in [0.15, 0.2) is 16.6 Å². The molecule has 0 saturated heterocycles. The quantitative estimate of drug-likeness (QED) is 0.381. The largest absolute Gasteiger partial charge is 0.393 e. The fourth-order valence-electron chi connectivity index (χ4n) is 1.09. The van der Waals surface area contributed by atoms with E-state index in [-0.39, 0.29) is 22.7 Å². The molecule has 74 valence electrons. The molecule has 0 bridgehead atoms. The number of benzene rings is 1. The highest BCUT2D eigenvalue weighted by molar-refractivity contribution is 9.10. The summed E-state index contributed by atoms with van der Waals surface area (Å²) < 4.78 is 0.547. The summed E-state index contributed by atoms with van der Waals surface area (Å²) in [6.07, 6.45) is 0. The SMILES string of the molecule is CC(=O)c1cc(Br)cc(N)c1[N+](=O)[O-]. The van der Waals surface area contributed by atoms with Crippen molar-refractivity contribution in [2.75, 3.05) is 5.73 Å². The molecule has 0 aliphatic heterocycles. The number of hydrogen-bond acceptors (Lipinski definition) is 4. The molecule has 1 aromatic carbocycles. The Balaban J connectivity index is 3.52. The van der Waals surface area contributed by atoms with E-state index in [0.29, 0.717) is 4.47 Å². The molecule has 2 N–H and O–H groups in total. The Morgan fingerprint density at radius 1 is 1.57 bits per heavy atom. The lowest BCUT2D eigenvalue weighted by Crippen LogP contribution is -2.04. The maximum absolute atomic E-state index is 11.1. The van der Waals surface area contributed by atoms with Gasteiger partial charge in [0.2, 0.25) is 0 Å². The molecule has 0 heterocycles. The van der Waals surface area contributed by atoms with Crippen LogP contribution in [-0.2, 0) is 0 Å². The van der Waals surface area contributed by atoms with Crippen LogP contribution in [-0.4, -0.2) is 10.7 Å². The molecular weight excluding hydrogens is 252 g/mol. The zero-order chi connectivity index (χ0) is 10.9. The van der Waals surface area contributed by atoms with Gasteiger partial charge in [0.15, 0.2) is 5.78 Å². The van der Waals surface area contributed by atoms with Gasteiger partial charge in [0.25, 0.3) is 0 Å². The van der Waals surface area contributed by atoms with Crippen LogP contribution in [0, 0.1) is 10.1 Å². The van der Waals surface area contributed by atoms with Gasteiger partial charge in [-0.1, -0.05) is 15.9 Å². The summed E-state index contributed by atoms with van der Waals surface area (Å²) in [7, 11) is 0. The van der Waals surface area contributed by atoms with Crippen LogP contribution in [0.5, 0.6) is 0 Å². The minimum atomic E-state index is -0.654. The maximum atomic E-state index is 11.1. The molecule has 6 heteroatoms. The first-order valence-corrected chi connectivity index (χ1v) is 4.47. The molecule has 0 unspecified atom stereocenters. The van der Waals surface area contributed by atoms with E-state index in [4.69, 9.17) is 5.73 Å². The second-order valence-electron chi connectivity index (χ2n) is 2.70. The fourth-order valence-corrected chi connectivity index (χ4v) is 1.57. The van der Waals surface area contributed by atoms with Gasteiger partial charge in [-0.25, -0.2) is 0 Å². The number of nitro benzene ring substituents is 1. The lowest BCUT2D eigenvalue weighted by Gasteiger charge is -2.02. The molecule has 0 aliphatic rings. The van der Waals surface area contributed by atoms with Gasteiger partial charge in [0, 0.05) is 4.47 Å². The zero-order valence-electron chi connectivity index (χ0n) is 7.28.